The zero-order valence-corrected chi connectivity index (χ0v) is 15.6. The molecule has 5 rings (SSSR count). The van der Waals surface area contributed by atoms with Crippen LogP contribution in [0.15, 0.2) is 60.7 Å². The fourth-order valence-corrected chi connectivity index (χ4v) is 4.90. The van der Waals surface area contributed by atoms with Crippen molar-refractivity contribution >= 4 is 40.7 Å². The van der Waals surface area contributed by atoms with Crippen LogP contribution in [0.25, 0.3) is 0 Å². The molecule has 1 saturated heterocycles. The van der Waals surface area contributed by atoms with Gasteiger partial charge in [-0.3, -0.25) is 14.4 Å². The molecule has 1 heterocycles. The summed E-state index contributed by atoms with van der Waals surface area (Å²) in [6.45, 7) is 0. The van der Waals surface area contributed by atoms with Gasteiger partial charge in [0.15, 0.2) is 0 Å². The topological polar surface area (TPSA) is 66.5 Å². The number of hydrogen-bond acceptors (Lipinski definition) is 3. The Kier molecular flexibility index (Phi) is 3.88. The second-order valence-corrected chi connectivity index (χ2v) is 7.96. The lowest BCUT2D eigenvalue weighted by Crippen LogP contribution is -2.33. The fraction of sp³-hybridized carbons (Fsp3) is 0.227. The van der Waals surface area contributed by atoms with Gasteiger partial charge < -0.3 is 5.32 Å². The number of nitrogens with one attached hydrogen (secondary N) is 1. The molecule has 2 aromatic rings. The van der Waals surface area contributed by atoms with E-state index in [1.54, 1.807) is 48.5 Å². The lowest BCUT2D eigenvalue weighted by Gasteiger charge is -2.18. The van der Waals surface area contributed by atoms with Crippen LogP contribution in [0.5, 0.6) is 0 Å². The smallest absolute Gasteiger partial charge is 0.255 e. The van der Waals surface area contributed by atoms with E-state index in [2.05, 4.69) is 17.5 Å². The van der Waals surface area contributed by atoms with E-state index in [9.17, 15) is 14.4 Å². The minimum absolute atomic E-state index is 0.153. The van der Waals surface area contributed by atoms with E-state index in [1.807, 2.05) is 0 Å². The molecule has 0 aromatic heterocycles. The molecular weight excluding hydrogens is 376 g/mol. The van der Waals surface area contributed by atoms with E-state index in [0.29, 0.717) is 22.0 Å². The highest BCUT2D eigenvalue weighted by atomic mass is 35.5. The number of rotatable bonds is 3. The molecule has 2 aromatic carbocycles. The third-order valence-electron chi connectivity index (χ3n) is 5.92. The quantitative estimate of drug-likeness (QED) is 0.636. The minimum atomic E-state index is -0.329. The Bertz CT molecular complexity index is 1020. The maximum atomic E-state index is 13.0. The summed E-state index contributed by atoms with van der Waals surface area (Å²) in [5.74, 6) is -0.835. The molecule has 28 heavy (non-hydrogen) atoms. The van der Waals surface area contributed by atoms with Gasteiger partial charge in [-0.05, 0) is 54.7 Å². The van der Waals surface area contributed by atoms with Crippen molar-refractivity contribution in [3.05, 3.63) is 71.3 Å². The number of carbonyl (C=O) groups excluding carboxylic acids is 3. The maximum Gasteiger partial charge on any atom is 0.255 e. The lowest BCUT2D eigenvalue weighted by atomic mass is 9.85. The number of benzene rings is 2. The van der Waals surface area contributed by atoms with Gasteiger partial charge in [-0.2, -0.15) is 0 Å². The predicted molar refractivity (Wildman–Crippen MR) is 106 cm³/mol. The van der Waals surface area contributed by atoms with E-state index in [0.717, 1.165) is 6.42 Å². The average Bonchev–Trinajstić information content (AvgIpc) is 3.36. The van der Waals surface area contributed by atoms with Crippen LogP contribution in [-0.2, 0) is 9.59 Å². The molecule has 4 unspecified atom stereocenters. The zero-order valence-electron chi connectivity index (χ0n) is 14.8. The molecule has 2 bridgehead atoms. The van der Waals surface area contributed by atoms with E-state index >= 15 is 0 Å². The Hall–Kier alpha value is -2.92. The first-order valence-electron chi connectivity index (χ1n) is 9.26. The molecule has 1 aliphatic heterocycles. The normalized spacial score (nSPS) is 27.4. The van der Waals surface area contributed by atoms with E-state index in [4.69, 9.17) is 11.6 Å². The third kappa shape index (κ3) is 2.58. The Morgan fingerprint density at radius 2 is 1.64 bits per heavy atom. The molecule has 140 valence electrons. The first kappa shape index (κ1) is 17.2. The molecule has 2 aliphatic carbocycles. The Morgan fingerprint density at radius 1 is 0.964 bits per heavy atom. The predicted octanol–water partition coefficient (Wildman–Crippen LogP) is 3.90. The number of hydrogen-bond donors (Lipinski definition) is 1. The van der Waals surface area contributed by atoms with E-state index < -0.39 is 0 Å². The van der Waals surface area contributed by atoms with Gasteiger partial charge in [0.2, 0.25) is 11.8 Å². The van der Waals surface area contributed by atoms with Gasteiger partial charge in [-0.1, -0.05) is 35.9 Å². The number of carbonyl (C=O) groups is 3. The summed E-state index contributed by atoms with van der Waals surface area (Å²) in [5.41, 5.74) is 1.40. The summed E-state index contributed by atoms with van der Waals surface area (Å²) >= 11 is 5.95. The largest absolute Gasteiger partial charge is 0.322 e. The molecule has 2 fully saturated rings. The second-order valence-electron chi connectivity index (χ2n) is 7.53. The van der Waals surface area contributed by atoms with Gasteiger partial charge >= 0.3 is 0 Å². The molecule has 3 aliphatic rings. The first-order valence-corrected chi connectivity index (χ1v) is 9.64. The summed E-state index contributed by atoms with van der Waals surface area (Å²) < 4.78 is 0. The minimum Gasteiger partial charge on any atom is -0.322 e. The number of nitrogens with zero attached hydrogens (tertiary/aromatic N) is 1. The molecule has 0 radical (unpaired) electrons. The Labute approximate surface area is 167 Å². The summed E-state index contributed by atoms with van der Waals surface area (Å²) in [5, 5.41) is 3.30. The van der Waals surface area contributed by atoms with Crippen molar-refractivity contribution in [2.75, 3.05) is 10.2 Å². The van der Waals surface area contributed by atoms with Crippen molar-refractivity contribution in [3.8, 4) is 0 Å². The molecular formula is C22H17ClN2O3. The van der Waals surface area contributed by atoms with Gasteiger partial charge in [0, 0.05) is 16.3 Å². The summed E-state index contributed by atoms with van der Waals surface area (Å²) in [6, 6.07) is 13.5. The van der Waals surface area contributed by atoms with Crippen molar-refractivity contribution in [1.82, 2.24) is 0 Å². The van der Waals surface area contributed by atoms with Crippen LogP contribution < -0.4 is 10.2 Å². The lowest BCUT2D eigenvalue weighted by molar-refractivity contribution is -0.123. The number of imide groups is 1. The van der Waals surface area contributed by atoms with Crippen LogP contribution in [-0.4, -0.2) is 17.7 Å². The first-order chi connectivity index (χ1) is 13.5. The summed E-state index contributed by atoms with van der Waals surface area (Å²) in [4.78, 5) is 39.8. The molecule has 1 N–H and O–H groups in total. The van der Waals surface area contributed by atoms with Gasteiger partial charge in [0.05, 0.1) is 17.5 Å². The van der Waals surface area contributed by atoms with Gasteiger partial charge in [-0.15, -0.1) is 0 Å². The van der Waals surface area contributed by atoms with Crippen LogP contribution in [0.2, 0.25) is 5.02 Å². The van der Waals surface area contributed by atoms with Crippen LogP contribution in [0.1, 0.15) is 16.8 Å². The van der Waals surface area contributed by atoms with Crippen molar-refractivity contribution in [1.29, 1.82) is 0 Å². The molecule has 6 heteroatoms. The third-order valence-corrected chi connectivity index (χ3v) is 6.15. The summed E-state index contributed by atoms with van der Waals surface area (Å²) in [7, 11) is 0. The van der Waals surface area contributed by atoms with Crippen molar-refractivity contribution in [3.63, 3.8) is 0 Å². The van der Waals surface area contributed by atoms with Crippen LogP contribution in [0.3, 0.4) is 0 Å². The number of halogens is 1. The standard InChI is InChI=1S/C22H17ClN2O3/c23-15-4-2-5-16(11-15)24-20(26)14-3-1-6-17(10-14)25-21(27)18-12-7-8-13(9-12)19(18)22(25)28/h1-8,10-13,18-19H,9H2,(H,24,26). The van der Waals surface area contributed by atoms with E-state index in [1.165, 1.54) is 4.90 Å². The van der Waals surface area contributed by atoms with Gasteiger partial charge in [-0.25, -0.2) is 4.90 Å². The van der Waals surface area contributed by atoms with Crippen LogP contribution in [0.4, 0.5) is 11.4 Å². The molecule has 0 spiro atoms. The van der Waals surface area contributed by atoms with Crippen molar-refractivity contribution < 1.29 is 14.4 Å². The number of anilines is 2. The SMILES string of the molecule is O=C(Nc1cccc(Cl)c1)c1cccc(N2C(=O)C3C4C=CC(C4)C3C2=O)c1. The Morgan fingerprint density at radius 3 is 2.32 bits per heavy atom. The molecule has 5 nitrogen and oxygen atoms in total. The monoisotopic (exact) mass is 392 g/mol. The highest BCUT2D eigenvalue weighted by Gasteiger charge is 2.59. The van der Waals surface area contributed by atoms with Crippen molar-refractivity contribution in [2.24, 2.45) is 23.7 Å². The highest BCUT2D eigenvalue weighted by Crippen LogP contribution is 2.53. The number of amides is 3. The van der Waals surface area contributed by atoms with E-state index in [-0.39, 0.29) is 41.4 Å². The average molecular weight is 393 g/mol. The fourth-order valence-electron chi connectivity index (χ4n) is 4.71. The zero-order chi connectivity index (χ0) is 19.4. The van der Waals surface area contributed by atoms with Gasteiger partial charge in [0.25, 0.3) is 5.91 Å². The van der Waals surface area contributed by atoms with Crippen LogP contribution >= 0.6 is 11.6 Å². The number of fused-ring (bicyclic) bond motifs is 5. The maximum absolute atomic E-state index is 13.0. The summed E-state index contributed by atoms with van der Waals surface area (Å²) in [6.07, 6.45) is 5.02. The van der Waals surface area contributed by atoms with Gasteiger partial charge in [0.1, 0.15) is 0 Å². The molecule has 4 atom stereocenters. The molecule has 3 amide bonds. The van der Waals surface area contributed by atoms with Crippen molar-refractivity contribution in [2.45, 2.75) is 6.42 Å². The molecule has 1 saturated carbocycles. The Balaban J connectivity index is 1.41. The highest BCUT2D eigenvalue weighted by molar-refractivity contribution is 6.31. The number of allylic oxidation sites excluding steroid dienone is 2. The van der Waals surface area contributed by atoms with Crippen LogP contribution in [0, 0.1) is 23.7 Å². The second kappa shape index (κ2) is 6.31.